The first kappa shape index (κ1) is 20.9. The summed E-state index contributed by atoms with van der Waals surface area (Å²) >= 11 is 1.40. The number of thioether (sulfide) groups is 1. The number of carbonyl (C=O) groups is 1. The number of rotatable bonds is 7. The highest BCUT2D eigenvalue weighted by Crippen LogP contribution is 2.26. The number of nitrogens with zero attached hydrogens (tertiary/aromatic N) is 2. The molecule has 5 nitrogen and oxygen atoms in total. The van der Waals surface area contributed by atoms with E-state index in [-0.39, 0.29) is 11.7 Å². The van der Waals surface area contributed by atoms with Gasteiger partial charge in [-0.1, -0.05) is 43.8 Å². The maximum Gasteiger partial charge on any atom is 0.234 e. The topological polar surface area (TPSA) is 64.1 Å². The van der Waals surface area contributed by atoms with Crippen molar-refractivity contribution in [3.05, 3.63) is 65.9 Å². The van der Waals surface area contributed by atoms with Crippen molar-refractivity contribution in [2.75, 3.05) is 18.2 Å². The molecular weight excluding hydrogens is 382 g/mol. The number of ether oxygens (including phenoxy) is 1. The van der Waals surface area contributed by atoms with Crippen LogP contribution in [-0.2, 0) is 4.79 Å². The Morgan fingerprint density at radius 3 is 2.52 bits per heavy atom. The second-order valence-corrected chi connectivity index (χ2v) is 7.97. The number of hydrogen-bond donors (Lipinski definition) is 1. The maximum atomic E-state index is 12.5. The van der Waals surface area contributed by atoms with Gasteiger partial charge in [-0.25, -0.2) is 9.97 Å². The monoisotopic (exact) mass is 407 g/mol. The van der Waals surface area contributed by atoms with Crippen molar-refractivity contribution >= 4 is 23.4 Å². The number of anilines is 1. The van der Waals surface area contributed by atoms with Crippen molar-refractivity contribution in [2.45, 2.75) is 31.7 Å². The van der Waals surface area contributed by atoms with Crippen molar-refractivity contribution in [2.24, 2.45) is 0 Å². The highest BCUT2D eigenvalue weighted by molar-refractivity contribution is 7.99. The maximum absolute atomic E-state index is 12.5. The summed E-state index contributed by atoms with van der Waals surface area (Å²) in [7, 11) is 1.64. The molecule has 6 heteroatoms. The van der Waals surface area contributed by atoms with E-state index >= 15 is 0 Å². The van der Waals surface area contributed by atoms with Crippen LogP contribution in [0.5, 0.6) is 5.75 Å². The minimum atomic E-state index is -0.0506. The Labute approximate surface area is 175 Å². The molecule has 0 radical (unpaired) electrons. The summed E-state index contributed by atoms with van der Waals surface area (Å²) in [5.74, 6) is 2.00. The van der Waals surface area contributed by atoms with Crippen molar-refractivity contribution in [3.8, 4) is 17.1 Å². The molecule has 3 rings (SSSR count). The lowest BCUT2D eigenvalue weighted by atomic mass is 10.0. The molecule has 2 aromatic carbocycles. The van der Waals surface area contributed by atoms with Crippen LogP contribution in [0.4, 0.5) is 5.69 Å². The van der Waals surface area contributed by atoms with Gasteiger partial charge in [-0.2, -0.15) is 0 Å². The fraction of sp³-hybridized carbons (Fsp3) is 0.261. The van der Waals surface area contributed by atoms with E-state index in [1.165, 1.54) is 11.8 Å². The Morgan fingerprint density at radius 2 is 1.83 bits per heavy atom. The Balaban J connectivity index is 1.69. The molecular formula is C23H25N3O2S. The van der Waals surface area contributed by atoms with E-state index in [1.54, 1.807) is 7.11 Å². The third kappa shape index (κ3) is 5.57. The quantitative estimate of drug-likeness (QED) is 0.424. The molecule has 1 aromatic heterocycles. The van der Waals surface area contributed by atoms with Crippen LogP contribution in [0, 0.1) is 6.92 Å². The van der Waals surface area contributed by atoms with Gasteiger partial charge in [0.1, 0.15) is 10.8 Å². The molecule has 29 heavy (non-hydrogen) atoms. The van der Waals surface area contributed by atoms with E-state index in [2.05, 4.69) is 29.1 Å². The van der Waals surface area contributed by atoms with Gasteiger partial charge in [0, 0.05) is 16.9 Å². The van der Waals surface area contributed by atoms with E-state index in [4.69, 9.17) is 4.74 Å². The highest BCUT2D eigenvalue weighted by atomic mass is 32.2. The van der Waals surface area contributed by atoms with E-state index in [1.807, 2.05) is 61.5 Å². The lowest BCUT2D eigenvalue weighted by Crippen LogP contribution is -2.15. The summed E-state index contributed by atoms with van der Waals surface area (Å²) in [5, 5.41) is 3.79. The normalized spacial score (nSPS) is 10.8. The molecule has 1 N–H and O–H groups in total. The molecule has 0 spiro atoms. The number of benzene rings is 2. The molecule has 0 saturated carbocycles. The average Bonchev–Trinajstić information content (AvgIpc) is 2.72. The SMILES string of the molecule is COc1ccc(-c2nc(C)cc(SCC(=O)Nc3ccccc3C(C)C)n2)cc1. The molecule has 0 aliphatic carbocycles. The summed E-state index contributed by atoms with van der Waals surface area (Å²) in [6.07, 6.45) is 0. The largest absolute Gasteiger partial charge is 0.497 e. The zero-order valence-corrected chi connectivity index (χ0v) is 17.9. The van der Waals surface area contributed by atoms with Crippen LogP contribution in [0.15, 0.2) is 59.6 Å². The van der Waals surface area contributed by atoms with Gasteiger partial charge in [0.25, 0.3) is 0 Å². The van der Waals surface area contributed by atoms with Crippen LogP contribution in [0.2, 0.25) is 0 Å². The number of para-hydroxylation sites is 1. The van der Waals surface area contributed by atoms with Gasteiger partial charge < -0.3 is 10.1 Å². The third-order valence-corrected chi connectivity index (χ3v) is 5.30. The van der Waals surface area contributed by atoms with Gasteiger partial charge in [-0.3, -0.25) is 4.79 Å². The molecule has 0 bridgehead atoms. The fourth-order valence-corrected chi connectivity index (χ4v) is 3.68. The first-order chi connectivity index (χ1) is 14.0. The van der Waals surface area contributed by atoms with Gasteiger partial charge in [0.15, 0.2) is 5.82 Å². The number of methoxy groups -OCH3 is 1. The Bertz CT molecular complexity index is 988. The first-order valence-electron chi connectivity index (χ1n) is 9.48. The smallest absolute Gasteiger partial charge is 0.234 e. The van der Waals surface area contributed by atoms with E-state index < -0.39 is 0 Å². The second kappa shape index (κ2) is 9.56. The fourth-order valence-electron chi connectivity index (χ4n) is 2.92. The zero-order chi connectivity index (χ0) is 20.8. The predicted octanol–water partition coefficient (Wildman–Crippen LogP) is 5.31. The second-order valence-electron chi connectivity index (χ2n) is 6.98. The number of carbonyl (C=O) groups excluding carboxylic acids is 1. The standard InChI is InChI=1S/C23H25N3O2S/c1-15(2)19-7-5-6-8-20(19)25-21(27)14-29-22-13-16(3)24-23(26-22)17-9-11-18(28-4)12-10-17/h5-13,15H,14H2,1-4H3,(H,25,27). The van der Waals surface area contributed by atoms with Gasteiger partial charge >= 0.3 is 0 Å². The predicted molar refractivity (Wildman–Crippen MR) is 119 cm³/mol. The highest BCUT2D eigenvalue weighted by Gasteiger charge is 2.11. The molecule has 3 aromatic rings. The van der Waals surface area contributed by atoms with Crippen LogP contribution in [-0.4, -0.2) is 28.7 Å². The van der Waals surface area contributed by atoms with E-state index in [0.717, 1.165) is 33.3 Å². The van der Waals surface area contributed by atoms with Crippen LogP contribution < -0.4 is 10.1 Å². The van der Waals surface area contributed by atoms with Crippen LogP contribution in [0.25, 0.3) is 11.4 Å². The van der Waals surface area contributed by atoms with Crippen molar-refractivity contribution < 1.29 is 9.53 Å². The van der Waals surface area contributed by atoms with Gasteiger partial charge in [-0.05, 0) is 54.8 Å². The third-order valence-electron chi connectivity index (χ3n) is 4.39. The molecule has 0 fully saturated rings. The molecule has 0 aliphatic rings. The van der Waals surface area contributed by atoms with Gasteiger partial charge in [0.2, 0.25) is 5.91 Å². The summed E-state index contributed by atoms with van der Waals surface area (Å²) < 4.78 is 5.20. The molecule has 1 amide bonds. The Kier molecular flexibility index (Phi) is 6.88. The van der Waals surface area contributed by atoms with Gasteiger partial charge in [0.05, 0.1) is 12.9 Å². The Hall–Kier alpha value is -2.86. The number of aryl methyl sites for hydroxylation is 1. The average molecular weight is 408 g/mol. The Morgan fingerprint density at radius 1 is 1.10 bits per heavy atom. The molecule has 150 valence electrons. The zero-order valence-electron chi connectivity index (χ0n) is 17.1. The number of nitrogens with one attached hydrogen (secondary N) is 1. The van der Waals surface area contributed by atoms with Crippen LogP contribution in [0.3, 0.4) is 0 Å². The van der Waals surface area contributed by atoms with Crippen LogP contribution in [0.1, 0.15) is 31.0 Å². The molecule has 0 atom stereocenters. The molecule has 0 unspecified atom stereocenters. The summed E-state index contributed by atoms with van der Waals surface area (Å²) in [6, 6.07) is 17.4. The summed E-state index contributed by atoms with van der Waals surface area (Å²) in [6.45, 7) is 6.16. The molecule has 0 saturated heterocycles. The number of hydrogen-bond acceptors (Lipinski definition) is 5. The first-order valence-corrected chi connectivity index (χ1v) is 10.5. The van der Waals surface area contributed by atoms with E-state index in [9.17, 15) is 4.79 Å². The van der Waals surface area contributed by atoms with Crippen LogP contribution >= 0.6 is 11.8 Å². The van der Waals surface area contributed by atoms with Crippen molar-refractivity contribution in [1.82, 2.24) is 9.97 Å². The number of aromatic nitrogens is 2. The van der Waals surface area contributed by atoms with E-state index in [0.29, 0.717) is 11.7 Å². The van der Waals surface area contributed by atoms with Gasteiger partial charge in [-0.15, -0.1) is 0 Å². The minimum absolute atomic E-state index is 0.0506. The van der Waals surface area contributed by atoms with Crippen molar-refractivity contribution in [1.29, 1.82) is 0 Å². The lowest BCUT2D eigenvalue weighted by molar-refractivity contribution is -0.113. The van der Waals surface area contributed by atoms with Crippen molar-refractivity contribution in [3.63, 3.8) is 0 Å². The number of amides is 1. The summed E-state index contributed by atoms with van der Waals surface area (Å²) in [5.41, 5.74) is 3.77. The molecule has 0 aliphatic heterocycles. The molecule has 1 heterocycles. The summed E-state index contributed by atoms with van der Waals surface area (Å²) in [4.78, 5) is 21.6. The minimum Gasteiger partial charge on any atom is -0.497 e. The lowest BCUT2D eigenvalue weighted by Gasteiger charge is -2.13.